The number of hydrogen-bond acceptors (Lipinski definition) is 4. The van der Waals surface area contributed by atoms with E-state index >= 15 is 0 Å². The topological polar surface area (TPSA) is 39.2 Å². The Hall–Kier alpha value is -0.260. The molecule has 0 bridgehead atoms. The third kappa shape index (κ3) is 4.31. The molecule has 0 amide bonds. The van der Waals surface area contributed by atoms with Crippen LogP contribution in [0.3, 0.4) is 0 Å². The van der Waals surface area contributed by atoms with Gasteiger partial charge in [0.05, 0.1) is 23.0 Å². The lowest BCUT2D eigenvalue weighted by molar-refractivity contribution is -0.140. The molecule has 88 valence electrons. The zero-order valence-corrected chi connectivity index (χ0v) is 12.0. The molecule has 0 aliphatic carbocycles. The minimum absolute atomic E-state index is 0.109. The fourth-order valence-electron chi connectivity index (χ4n) is 1.04. The zero-order chi connectivity index (χ0) is 12.1. The molecule has 0 saturated carbocycles. The van der Waals surface area contributed by atoms with Gasteiger partial charge in [-0.25, -0.2) is 4.98 Å². The lowest BCUT2D eigenvalue weighted by Crippen LogP contribution is -2.08. The highest BCUT2D eigenvalue weighted by Gasteiger charge is 2.13. The molecular weight excluding hydrogens is 314 g/mol. The number of pyridine rings is 1. The van der Waals surface area contributed by atoms with Gasteiger partial charge in [0.1, 0.15) is 5.03 Å². The van der Waals surface area contributed by atoms with Crippen LogP contribution >= 0.6 is 39.3 Å². The van der Waals surface area contributed by atoms with Gasteiger partial charge in [-0.15, -0.1) is 11.8 Å². The summed E-state index contributed by atoms with van der Waals surface area (Å²) in [4.78, 5) is 15.2. The molecule has 6 heteroatoms. The highest BCUT2D eigenvalue weighted by atomic mass is 79.9. The standard InChI is InChI=1S/C10H11BrClNO2S/c1-6(3-9(14)15-2)16-10-8(11)4-7(12)5-13-10/h4-6H,3H2,1-2H3. The van der Waals surface area contributed by atoms with Crippen LogP contribution in [0.2, 0.25) is 5.02 Å². The number of ether oxygens (including phenoxy) is 1. The Bertz CT molecular complexity index is 389. The van der Waals surface area contributed by atoms with E-state index in [4.69, 9.17) is 11.6 Å². The summed E-state index contributed by atoms with van der Waals surface area (Å²) in [5, 5.41) is 1.51. The molecule has 0 spiro atoms. The van der Waals surface area contributed by atoms with Gasteiger partial charge in [-0.05, 0) is 22.0 Å². The molecular formula is C10H11BrClNO2S. The van der Waals surface area contributed by atoms with Gasteiger partial charge in [0, 0.05) is 11.4 Å². The Morgan fingerprint density at radius 1 is 1.75 bits per heavy atom. The summed E-state index contributed by atoms with van der Waals surface area (Å²) in [6, 6.07) is 1.78. The number of carbonyl (C=O) groups is 1. The maximum Gasteiger partial charge on any atom is 0.306 e. The van der Waals surface area contributed by atoms with Gasteiger partial charge in [-0.1, -0.05) is 18.5 Å². The van der Waals surface area contributed by atoms with Crippen molar-refractivity contribution >= 4 is 45.3 Å². The van der Waals surface area contributed by atoms with Gasteiger partial charge in [0.25, 0.3) is 0 Å². The van der Waals surface area contributed by atoms with Crippen LogP contribution in [0, 0.1) is 0 Å². The van der Waals surface area contributed by atoms with Gasteiger partial charge >= 0.3 is 5.97 Å². The fraction of sp³-hybridized carbons (Fsp3) is 0.400. The van der Waals surface area contributed by atoms with Crippen LogP contribution in [0.4, 0.5) is 0 Å². The number of halogens is 2. The summed E-state index contributed by atoms with van der Waals surface area (Å²) in [7, 11) is 1.39. The van der Waals surface area contributed by atoms with Gasteiger partial charge in [0.15, 0.2) is 0 Å². The summed E-state index contributed by atoms with van der Waals surface area (Å²) in [5.41, 5.74) is 0. The van der Waals surface area contributed by atoms with Crippen LogP contribution < -0.4 is 0 Å². The average Bonchev–Trinajstić information content (AvgIpc) is 2.22. The number of methoxy groups -OCH3 is 1. The van der Waals surface area contributed by atoms with Crippen molar-refractivity contribution in [2.24, 2.45) is 0 Å². The number of aromatic nitrogens is 1. The molecule has 0 aliphatic rings. The molecule has 0 radical (unpaired) electrons. The Labute approximate surface area is 112 Å². The first-order chi connectivity index (χ1) is 7.52. The Morgan fingerprint density at radius 2 is 2.44 bits per heavy atom. The molecule has 0 aromatic carbocycles. The summed E-state index contributed by atoms with van der Waals surface area (Å²) in [6.07, 6.45) is 1.94. The van der Waals surface area contributed by atoms with Crippen LogP contribution in [-0.4, -0.2) is 23.3 Å². The van der Waals surface area contributed by atoms with Crippen molar-refractivity contribution in [1.82, 2.24) is 4.98 Å². The van der Waals surface area contributed by atoms with E-state index in [9.17, 15) is 4.79 Å². The van der Waals surface area contributed by atoms with E-state index in [-0.39, 0.29) is 11.2 Å². The number of esters is 1. The van der Waals surface area contributed by atoms with Crippen LogP contribution in [0.5, 0.6) is 0 Å². The minimum atomic E-state index is -0.218. The normalized spacial score (nSPS) is 12.2. The van der Waals surface area contributed by atoms with Crippen LogP contribution in [0.1, 0.15) is 13.3 Å². The molecule has 1 heterocycles. The smallest absolute Gasteiger partial charge is 0.306 e. The van der Waals surface area contributed by atoms with Crippen molar-refractivity contribution in [3.8, 4) is 0 Å². The minimum Gasteiger partial charge on any atom is -0.469 e. The number of carbonyl (C=O) groups excluding carboxylic acids is 1. The molecule has 16 heavy (non-hydrogen) atoms. The van der Waals surface area contributed by atoms with Crippen molar-refractivity contribution in [2.75, 3.05) is 7.11 Å². The van der Waals surface area contributed by atoms with E-state index in [2.05, 4.69) is 25.7 Å². The second-order valence-corrected chi connectivity index (χ2v) is 5.87. The summed E-state index contributed by atoms with van der Waals surface area (Å²) in [5.74, 6) is -0.218. The lowest BCUT2D eigenvalue weighted by Gasteiger charge is -2.10. The van der Waals surface area contributed by atoms with E-state index < -0.39 is 0 Å². The first kappa shape index (κ1) is 13.8. The maximum absolute atomic E-state index is 11.1. The highest BCUT2D eigenvalue weighted by Crippen LogP contribution is 2.31. The molecule has 1 atom stereocenters. The molecule has 1 rings (SSSR count). The lowest BCUT2D eigenvalue weighted by atomic mass is 10.3. The van der Waals surface area contributed by atoms with E-state index in [0.717, 1.165) is 9.50 Å². The molecule has 3 nitrogen and oxygen atoms in total. The van der Waals surface area contributed by atoms with E-state index in [1.54, 1.807) is 12.3 Å². The van der Waals surface area contributed by atoms with Crippen molar-refractivity contribution in [3.05, 3.63) is 21.8 Å². The van der Waals surface area contributed by atoms with Crippen molar-refractivity contribution in [1.29, 1.82) is 0 Å². The van der Waals surface area contributed by atoms with Crippen molar-refractivity contribution < 1.29 is 9.53 Å². The van der Waals surface area contributed by atoms with Gasteiger partial charge in [-0.2, -0.15) is 0 Å². The third-order valence-corrected chi connectivity index (χ3v) is 3.96. The first-order valence-electron chi connectivity index (χ1n) is 4.57. The molecule has 0 saturated heterocycles. The number of thioether (sulfide) groups is 1. The number of hydrogen-bond donors (Lipinski definition) is 0. The van der Waals surface area contributed by atoms with Gasteiger partial charge in [-0.3, -0.25) is 4.79 Å². The molecule has 1 unspecified atom stereocenters. The van der Waals surface area contributed by atoms with E-state index in [1.165, 1.54) is 18.9 Å². The SMILES string of the molecule is COC(=O)CC(C)Sc1ncc(Cl)cc1Br. The quantitative estimate of drug-likeness (QED) is 0.627. The van der Waals surface area contributed by atoms with Crippen molar-refractivity contribution in [2.45, 2.75) is 23.6 Å². The number of rotatable bonds is 4. The number of nitrogens with zero attached hydrogens (tertiary/aromatic N) is 1. The summed E-state index contributed by atoms with van der Waals surface area (Å²) >= 11 is 10.7. The molecule has 0 fully saturated rings. The zero-order valence-electron chi connectivity index (χ0n) is 8.87. The second kappa shape index (κ2) is 6.47. The van der Waals surface area contributed by atoms with Gasteiger partial charge < -0.3 is 4.74 Å². The van der Waals surface area contributed by atoms with E-state index in [1.807, 2.05) is 6.92 Å². The molecule has 0 N–H and O–H groups in total. The Morgan fingerprint density at radius 3 is 3.00 bits per heavy atom. The monoisotopic (exact) mass is 323 g/mol. The van der Waals surface area contributed by atoms with Crippen LogP contribution in [0.25, 0.3) is 0 Å². The predicted octanol–water partition coefficient (Wildman–Crippen LogP) is 3.54. The van der Waals surface area contributed by atoms with Crippen LogP contribution in [0.15, 0.2) is 21.8 Å². The Kier molecular flexibility index (Phi) is 5.58. The largest absolute Gasteiger partial charge is 0.469 e. The summed E-state index contributed by atoms with van der Waals surface area (Å²) < 4.78 is 5.44. The maximum atomic E-state index is 11.1. The van der Waals surface area contributed by atoms with Crippen molar-refractivity contribution in [3.63, 3.8) is 0 Å². The highest BCUT2D eigenvalue weighted by molar-refractivity contribution is 9.10. The second-order valence-electron chi connectivity index (χ2n) is 3.15. The van der Waals surface area contributed by atoms with E-state index in [0.29, 0.717) is 11.4 Å². The summed E-state index contributed by atoms with van der Waals surface area (Å²) in [6.45, 7) is 1.95. The van der Waals surface area contributed by atoms with Crippen LogP contribution in [-0.2, 0) is 9.53 Å². The Balaban J connectivity index is 2.62. The third-order valence-electron chi connectivity index (χ3n) is 1.77. The van der Waals surface area contributed by atoms with Gasteiger partial charge in [0.2, 0.25) is 0 Å². The average molecular weight is 325 g/mol. The fourth-order valence-corrected chi connectivity index (χ4v) is 2.84. The predicted molar refractivity (Wildman–Crippen MR) is 68.9 cm³/mol. The molecule has 1 aromatic rings. The first-order valence-corrected chi connectivity index (χ1v) is 6.62. The molecule has 1 aromatic heterocycles. The molecule has 0 aliphatic heterocycles.